The van der Waals surface area contributed by atoms with E-state index in [1.807, 2.05) is 12.1 Å². The van der Waals surface area contributed by atoms with Gasteiger partial charge in [0, 0.05) is 17.0 Å². The first-order valence-corrected chi connectivity index (χ1v) is 10.2. The maximum atomic E-state index is 6.67. The van der Waals surface area contributed by atoms with Gasteiger partial charge in [0.15, 0.2) is 0 Å². The number of piperidine rings is 1. The first-order chi connectivity index (χ1) is 13.0. The Labute approximate surface area is 165 Å². The number of likely N-dealkylation sites (tertiary alicyclic amines) is 1. The molecular formula is C22H25ClN3O+. The predicted octanol–water partition coefficient (Wildman–Crippen LogP) is 3.20. The van der Waals surface area contributed by atoms with E-state index in [-0.39, 0.29) is 11.8 Å². The Kier molecular flexibility index (Phi) is 3.95. The van der Waals surface area contributed by atoms with Crippen LogP contribution in [0, 0.1) is 6.92 Å². The van der Waals surface area contributed by atoms with Gasteiger partial charge in [0.1, 0.15) is 5.75 Å². The zero-order chi connectivity index (χ0) is 18.6. The molecule has 3 aliphatic rings. The molecule has 1 spiro atoms. The molecule has 0 bridgehead atoms. The number of rotatable bonds is 1. The van der Waals surface area contributed by atoms with Gasteiger partial charge in [0.05, 0.1) is 44.7 Å². The summed E-state index contributed by atoms with van der Waals surface area (Å²) in [7, 11) is 2.26. The number of benzene rings is 2. The van der Waals surface area contributed by atoms with Gasteiger partial charge in [-0.25, -0.2) is 5.01 Å². The van der Waals surface area contributed by atoms with Gasteiger partial charge < -0.3 is 9.64 Å². The molecule has 1 N–H and O–H groups in total. The van der Waals surface area contributed by atoms with Gasteiger partial charge in [-0.2, -0.15) is 5.10 Å². The van der Waals surface area contributed by atoms with Gasteiger partial charge in [-0.05, 0) is 30.7 Å². The van der Waals surface area contributed by atoms with Crippen LogP contribution in [0.4, 0.5) is 0 Å². The molecule has 0 aliphatic carbocycles. The summed E-state index contributed by atoms with van der Waals surface area (Å²) in [5.41, 5.74) is 4.48. The first-order valence-electron chi connectivity index (χ1n) is 9.78. The Morgan fingerprint density at radius 3 is 2.63 bits per heavy atom. The van der Waals surface area contributed by atoms with Crippen LogP contribution >= 0.6 is 11.6 Å². The summed E-state index contributed by atoms with van der Waals surface area (Å²) in [6, 6.07) is 14.8. The molecule has 3 heterocycles. The zero-order valence-electron chi connectivity index (χ0n) is 15.8. The number of nitrogens with one attached hydrogen (secondary N) is 1. The summed E-state index contributed by atoms with van der Waals surface area (Å²) in [5.74, 6) is 1.04. The van der Waals surface area contributed by atoms with E-state index in [4.69, 9.17) is 21.4 Å². The lowest BCUT2D eigenvalue weighted by atomic mass is 9.90. The maximum absolute atomic E-state index is 6.67. The molecule has 0 aromatic heterocycles. The van der Waals surface area contributed by atoms with Crippen molar-refractivity contribution in [2.45, 2.75) is 38.0 Å². The summed E-state index contributed by atoms with van der Waals surface area (Å²) in [6.07, 6.45) is 2.91. The van der Waals surface area contributed by atoms with Crippen LogP contribution in [0.1, 0.15) is 42.0 Å². The van der Waals surface area contributed by atoms with Crippen LogP contribution in [0.25, 0.3) is 0 Å². The van der Waals surface area contributed by atoms with Gasteiger partial charge in [-0.15, -0.1) is 0 Å². The molecule has 5 rings (SSSR count). The number of hydrogen-bond donors (Lipinski definition) is 1. The lowest BCUT2D eigenvalue weighted by Gasteiger charge is -2.49. The van der Waals surface area contributed by atoms with E-state index in [2.05, 4.69) is 49.3 Å². The Bertz CT molecular complexity index is 900. The number of hydrazone groups is 1. The summed E-state index contributed by atoms with van der Waals surface area (Å²) in [5, 5.41) is 8.15. The monoisotopic (exact) mass is 382 g/mol. The fourth-order valence-electron chi connectivity index (χ4n) is 4.62. The number of hydrogen-bond acceptors (Lipinski definition) is 3. The van der Waals surface area contributed by atoms with Gasteiger partial charge in [-0.3, -0.25) is 0 Å². The number of quaternary nitrogens is 1. The van der Waals surface area contributed by atoms with E-state index in [0.717, 1.165) is 54.4 Å². The van der Waals surface area contributed by atoms with Crippen molar-refractivity contribution in [1.82, 2.24) is 5.01 Å². The van der Waals surface area contributed by atoms with E-state index < -0.39 is 0 Å². The molecule has 4 nitrogen and oxygen atoms in total. The van der Waals surface area contributed by atoms with Crippen molar-refractivity contribution in [3.8, 4) is 5.75 Å². The summed E-state index contributed by atoms with van der Waals surface area (Å²) in [6.45, 7) is 4.36. The quantitative estimate of drug-likeness (QED) is 0.820. The Morgan fingerprint density at radius 1 is 1.15 bits per heavy atom. The van der Waals surface area contributed by atoms with E-state index in [1.165, 1.54) is 11.1 Å². The molecule has 27 heavy (non-hydrogen) atoms. The first kappa shape index (κ1) is 17.1. The van der Waals surface area contributed by atoms with Crippen LogP contribution in [0.2, 0.25) is 5.02 Å². The second-order valence-corrected chi connectivity index (χ2v) is 8.60. The molecular weight excluding hydrogens is 358 g/mol. The molecule has 1 atom stereocenters. The minimum absolute atomic E-state index is 0.248. The van der Waals surface area contributed by atoms with E-state index in [0.29, 0.717) is 0 Å². The summed E-state index contributed by atoms with van der Waals surface area (Å²) >= 11 is 6.08. The number of aryl methyl sites for hydroxylation is 1. The van der Waals surface area contributed by atoms with E-state index in [9.17, 15) is 0 Å². The van der Waals surface area contributed by atoms with E-state index in [1.54, 1.807) is 4.90 Å². The Morgan fingerprint density at radius 2 is 1.89 bits per heavy atom. The molecule has 0 unspecified atom stereocenters. The van der Waals surface area contributed by atoms with Crippen molar-refractivity contribution in [2.75, 3.05) is 20.1 Å². The highest BCUT2D eigenvalue weighted by molar-refractivity contribution is 6.30. The second kappa shape index (κ2) is 6.25. The highest BCUT2D eigenvalue weighted by Crippen LogP contribution is 2.49. The molecule has 5 heteroatoms. The molecule has 3 aliphatic heterocycles. The van der Waals surface area contributed by atoms with Crippen LogP contribution in [0.5, 0.6) is 5.75 Å². The van der Waals surface area contributed by atoms with Gasteiger partial charge in [0.2, 0.25) is 5.72 Å². The number of nitrogens with zero attached hydrogens (tertiary/aromatic N) is 2. The van der Waals surface area contributed by atoms with Crippen molar-refractivity contribution in [3.63, 3.8) is 0 Å². The molecule has 0 saturated carbocycles. The molecule has 2 aromatic carbocycles. The smallest absolute Gasteiger partial charge is 0.208 e. The fraction of sp³-hybridized carbons (Fsp3) is 0.409. The highest BCUT2D eigenvalue weighted by Gasteiger charge is 2.52. The van der Waals surface area contributed by atoms with Gasteiger partial charge in [-0.1, -0.05) is 41.4 Å². The van der Waals surface area contributed by atoms with Crippen LogP contribution in [-0.4, -0.2) is 36.6 Å². The number of fused-ring (bicyclic) bond motifs is 4. The van der Waals surface area contributed by atoms with Crippen molar-refractivity contribution in [3.05, 3.63) is 64.2 Å². The average molecular weight is 383 g/mol. The van der Waals surface area contributed by atoms with Gasteiger partial charge >= 0.3 is 0 Å². The minimum Gasteiger partial charge on any atom is -0.466 e. The largest absolute Gasteiger partial charge is 0.466 e. The molecule has 0 amide bonds. The van der Waals surface area contributed by atoms with E-state index >= 15 is 0 Å². The third kappa shape index (κ3) is 2.82. The third-order valence-electron chi connectivity index (χ3n) is 6.21. The van der Waals surface area contributed by atoms with Crippen LogP contribution < -0.4 is 9.64 Å². The SMILES string of the molecule is Cc1ccc2c(c1)[C@@H]1CC(c3ccc(Cl)cc3)=NN1C1(CC[NH+](C)CC1)O2. The number of ether oxygens (including phenoxy) is 1. The summed E-state index contributed by atoms with van der Waals surface area (Å²) < 4.78 is 6.67. The van der Waals surface area contributed by atoms with Crippen molar-refractivity contribution in [2.24, 2.45) is 5.10 Å². The normalized spacial score (nSPS) is 29.1. The molecule has 2 aromatic rings. The van der Waals surface area contributed by atoms with Crippen molar-refractivity contribution < 1.29 is 9.64 Å². The molecule has 0 radical (unpaired) electrons. The average Bonchev–Trinajstić information content (AvgIpc) is 3.12. The molecule has 140 valence electrons. The van der Waals surface area contributed by atoms with Gasteiger partial charge in [0.25, 0.3) is 0 Å². The predicted molar refractivity (Wildman–Crippen MR) is 108 cm³/mol. The van der Waals surface area contributed by atoms with Crippen molar-refractivity contribution in [1.29, 1.82) is 0 Å². The van der Waals surface area contributed by atoms with Crippen LogP contribution in [0.15, 0.2) is 47.6 Å². The lowest BCUT2D eigenvalue weighted by molar-refractivity contribution is -0.888. The van der Waals surface area contributed by atoms with Crippen molar-refractivity contribution >= 4 is 17.3 Å². The lowest BCUT2D eigenvalue weighted by Crippen LogP contribution is -3.11. The molecule has 1 saturated heterocycles. The summed E-state index contributed by atoms with van der Waals surface area (Å²) in [4.78, 5) is 1.57. The Balaban J connectivity index is 1.58. The Hall–Kier alpha value is -2.04. The second-order valence-electron chi connectivity index (χ2n) is 8.16. The minimum atomic E-state index is -0.319. The van der Waals surface area contributed by atoms with Crippen LogP contribution in [0.3, 0.4) is 0 Å². The topological polar surface area (TPSA) is 29.3 Å². The fourth-order valence-corrected chi connectivity index (χ4v) is 4.74. The standard InChI is InChI=1S/C22H24ClN3O/c1-15-3-8-21-18(13-15)20-14-19(16-4-6-17(23)7-5-16)24-26(20)22(27-21)9-11-25(2)12-10-22/h3-8,13,20H,9-12,14H2,1-2H3/p+1/t20-/m0/s1. The third-order valence-corrected chi connectivity index (χ3v) is 6.47. The number of halogens is 1. The zero-order valence-corrected chi connectivity index (χ0v) is 16.6. The van der Waals surface area contributed by atoms with Crippen LogP contribution in [-0.2, 0) is 0 Å². The maximum Gasteiger partial charge on any atom is 0.208 e. The highest BCUT2D eigenvalue weighted by atomic mass is 35.5. The molecule has 1 fully saturated rings.